The number of aryl methyl sites for hydroxylation is 2. The molecule has 4 rings (SSSR count). The fourth-order valence-electron chi connectivity index (χ4n) is 12.3. The average molecular weight is 1180 g/mol. The first-order valence-corrected chi connectivity index (χ1v) is 36.8. The van der Waals surface area contributed by atoms with Gasteiger partial charge in [0, 0.05) is 0 Å². The molecule has 0 aromatic heterocycles. The summed E-state index contributed by atoms with van der Waals surface area (Å²) in [5.41, 5.74) is 3.82. The van der Waals surface area contributed by atoms with Crippen LogP contribution in [0.4, 0.5) is 0 Å². The number of fused-ring (bicyclic) bond motifs is 2. The van der Waals surface area contributed by atoms with E-state index in [1.54, 1.807) is 12.1 Å². The van der Waals surface area contributed by atoms with E-state index < -0.39 is 20.2 Å². The van der Waals surface area contributed by atoms with E-state index in [9.17, 15) is 25.9 Å². The van der Waals surface area contributed by atoms with Crippen LogP contribution in [0.1, 0.15) is 332 Å². The van der Waals surface area contributed by atoms with Gasteiger partial charge in [-0.15, -0.1) is 0 Å². The molecule has 0 aliphatic heterocycles. The van der Waals surface area contributed by atoms with Gasteiger partial charge in [0.15, 0.2) is 0 Å². The molecule has 0 radical (unpaired) electrons. The maximum Gasteiger partial charge on any atom is 2.00 e. The van der Waals surface area contributed by atoms with Crippen molar-refractivity contribution in [3.05, 3.63) is 82.9 Å². The standard InChI is InChI=1S/2C36H60O3S.Ca/c2*1-3-5-7-9-11-13-15-17-19-21-23-29-34-33-28-26-25-27-32(33)31-36(40(37,38)39)35(34)30-24-22-20-18-16-14-12-10-8-6-4-2;/h2*25-28,31H,3-24,29-30H2,1-2H3,(H,37,38,39);/q;;+2/p-2. The molecule has 0 amide bonds. The third-order valence-electron chi connectivity index (χ3n) is 17.1. The van der Waals surface area contributed by atoms with Gasteiger partial charge in [0.2, 0.25) is 0 Å². The Morgan fingerprint density at radius 2 is 0.457 bits per heavy atom. The van der Waals surface area contributed by atoms with Gasteiger partial charge in [-0.25, -0.2) is 16.8 Å². The minimum atomic E-state index is -4.52. The van der Waals surface area contributed by atoms with E-state index in [0.29, 0.717) is 12.8 Å². The molecule has 0 saturated heterocycles. The predicted octanol–water partition coefficient (Wildman–Crippen LogP) is 22.5. The first-order valence-electron chi connectivity index (χ1n) is 34.0. The van der Waals surface area contributed by atoms with E-state index in [4.69, 9.17) is 0 Å². The molecule has 0 unspecified atom stereocenters. The van der Waals surface area contributed by atoms with Crippen LogP contribution in [0.2, 0.25) is 0 Å². The zero-order chi connectivity index (χ0) is 57.8. The van der Waals surface area contributed by atoms with Crippen LogP contribution in [0, 0.1) is 0 Å². The van der Waals surface area contributed by atoms with Crippen LogP contribution in [-0.4, -0.2) is 63.7 Å². The Labute approximate surface area is 529 Å². The minimum Gasteiger partial charge on any atom is -0.744 e. The second-order valence-corrected chi connectivity index (χ2v) is 26.9. The third kappa shape index (κ3) is 33.8. The second-order valence-electron chi connectivity index (χ2n) is 24.2. The van der Waals surface area contributed by atoms with Crippen LogP contribution >= 0.6 is 0 Å². The molecule has 0 heterocycles. The van der Waals surface area contributed by atoms with Crippen molar-refractivity contribution in [1.29, 1.82) is 0 Å². The summed E-state index contributed by atoms with van der Waals surface area (Å²) >= 11 is 0. The maximum absolute atomic E-state index is 12.4. The van der Waals surface area contributed by atoms with Crippen molar-refractivity contribution in [2.45, 2.75) is 346 Å². The van der Waals surface area contributed by atoms with Gasteiger partial charge in [-0.2, -0.15) is 0 Å². The number of rotatable bonds is 50. The molecule has 0 atom stereocenters. The maximum atomic E-state index is 12.4. The van der Waals surface area contributed by atoms with Crippen molar-refractivity contribution < 1.29 is 25.9 Å². The molecule has 0 aliphatic carbocycles. The molecule has 4 aromatic carbocycles. The number of unbranched alkanes of at least 4 members (excludes halogenated alkanes) is 40. The van der Waals surface area contributed by atoms with E-state index >= 15 is 0 Å². The Morgan fingerprint density at radius 3 is 0.667 bits per heavy atom. The minimum absolute atomic E-state index is 0. The first kappa shape index (κ1) is 75.6. The van der Waals surface area contributed by atoms with E-state index in [-0.39, 0.29) is 47.5 Å². The molecule has 456 valence electrons. The smallest absolute Gasteiger partial charge is 0.744 e. The van der Waals surface area contributed by atoms with Crippen molar-refractivity contribution in [3.8, 4) is 0 Å². The van der Waals surface area contributed by atoms with Crippen LogP contribution in [-0.2, 0) is 45.9 Å². The summed E-state index contributed by atoms with van der Waals surface area (Å²) in [4.78, 5) is 0.0488. The molecule has 0 fully saturated rings. The van der Waals surface area contributed by atoms with E-state index in [0.717, 1.165) is 108 Å². The molecule has 0 N–H and O–H groups in total. The molecule has 0 saturated carbocycles. The molecule has 9 heteroatoms. The van der Waals surface area contributed by atoms with Crippen LogP contribution in [0.5, 0.6) is 0 Å². The second kappa shape index (κ2) is 48.6. The SMILES string of the molecule is CCCCCCCCCCCCCc1c(S(=O)(=O)[O-])cc2ccccc2c1CCCCCCCCCCCCC.CCCCCCCCCCCCCc1c(S(=O)(=O)[O-])cc2ccccc2c1CCCCCCCCCCCCC.[Ca+2]. The monoisotopic (exact) mass is 1180 g/mol. The number of hydrogen-bond donors (Lipinski definition) is 0. The molecule has 0 spiro atoms. The molecule has 6 nitrogen and oxygen atoms in total. The summed E-state index contributed by atoms with van der Waals surface area (Å²) in [6.45, 7) is 9.05. The third-order valence-corrected chi connectivity index (χ3v) is 18.9. The van der Waals surface area contributed by atoms with Gasteiger partial charge in [0.05, 0.1) is 9.79 Å². The van der Waals surface area contributed by atoms with Crippen LogP contribution in [0.3, 0.4) is 0 Å². The van der Waals surface area contributed by atoms with Gasteiger partial charge in [-0.1, -0.05) is 333 Å². The molecule has 0 bridgehead atoms. The number of hydrogen-bond acceptors (Lipinski definition) is 6. The van der Waals surface area contributed by atoms with Gasteiger partial charge < -0.3 is 9.11 Å². The largest absolute Gasteiger partial charge is 2.00 e. The van der Waals surface area contributed by atoms with Gasteiger partial charge in [0.1, 0.15) is 20.2 Å². The molecular weight excluding hydrogens is 1060 g/mol. The average Bonchev–Trinajstić information content (AvgIpc) is 3.61. The molecule has 0 aliphatic rings. The molecule has 81 heavy (non-hydrogen) atoms. The summed E-state index contributed by atoms with van der Waals surface area (Å²) in [5.74, 6) is 0. The summed E-state index contributed by atoms with van der Waals surface area (Å²) in [6.07, 6.45) is 59.2. The van der Waals surface area contributed by atoms with Crippen LogP contribution in [0.25, 0.3) is 21.5 Å². The Morgan fingerprint density at radius 1 is 0.272 bits per heavy atom. The van der Waals surface area contributed by atoms with Crippen molar-refractivity contribution in [2.75, 3.05) is 0 Å². The Hall–Kier alpha value is -1.52. The van der Waals surface area contributed by atoms with Gasteiger partial charge >= 0.3 is 37.7 Å². The van der Waals surface area contributed by atoms with Gasteiger partial charge in [-0.3, -0.25) is 0 Å². The zero-order valence-electron chi connectivity index (χ0n) is 52.7. The van der Waals surface area contributed by atoms with E-state index in [1.807, 2.05) is 36.4 Å². The zero-order valence-corrected chi connectivity index (χ0v) is 56.5. The van der Waals surface area contributed by atoms with Gasteiger partial charge in [-0.05, 0) is 107 Å². The van der Waals surface area contributed by atoms with Crippen molar-refractivity contribution in [2.24, 2.45) is 0 Å². The fourth-order valence-corrected chi connectivity index (χ4v) is 13.9. The van der Waals surface area contributed by atoms with Crippen molar-refractivity contribution >= 4 is 79.5 Å². The van der Waals surface area contributed by atoms with Crippen LogP contribution < -0.4 is 0 Å². The predicted molar refractivity (Wildman–Crippen MR) is 350 cm³/mol. The van der Waals surface area contributed by atoms with Crippen molar-refractivity contribution in [3.63, 3.8) is 0 Å². The van der Waals surface area contributed by atoms with Gasteiger partial charge in [0.25, 0.3) is 0 Å². The summed E-state index contributed by atoms with van der Waals surface area (Å²) in [5, 5.41) is 4.00. The first-order chi connectivity index (χ1) is 39.0. The summed E-state index contributed by atoms with van der Waals surface area (Å²) in [7, 11) is -9.03. The fraction of sp³-hybridized carbons (Fsp3) is 0.722. The quantitative estimate of drug-likeness (QED) is 0.0247. The summed E-state index contributed by atoms with van der Waals surface area (Å²) in [6, 6.07) is 19.3. The molecular formula is C72H118CaO6S2. The normalized spacial score (nSPS) is 11.8. The molecule has 4 aromatic rings. The van der Waals surface area contributed by atoms with Crippen LogP contribution in [0.15, 0.2) is 70.5 Å². The van der Waals surface area contributed by atoms with E-state index in [1.165, 1.54) is 231 Å². The topological polar surface area (TPSA) is 114 Å². The van der Waals surface area contributed by atoms with Crippen molar-refractivity contribution in [1.82, 2.24) is 0 Å². The van der Waals surface area contributed by atoms with E-state index in [2.05, 4.69) is 39.8 Å². The Kier molecular flexibility index (Phi) is 45.3. The Bertz CT molecular complexity index is 2230. The summed E-state index contributed by atoms with van der Waals surface area (Å²) < 4.78 is 74.1. The number of benzene rings is 4. The Balaban J connectivity index is 0.000000547.